The third kappa shape index (κ3) is 1.96. The van der Waals surface area contributed by atoms with Crippen LogP contribution < -0.4 is 0 Å². The Kier molecular flexibility index (Phi) is 3.19. The fourth-order valence-electron chi connectivity index (χ4n) is 2.86. The first-order chi connectivity index (χ1) is 9.70. The molecule has 0 fully saturated rings. The van der Waals surface area contributed by atoms with Crippen LogP contribution in [0.4, 0.5) is 0 Å². The van der Waals surface area contributed by atoms with Gasteiger partial charge in [0.15, 0.2) is 0 Å². The minimum absolute atomic E-state index is 1.28. The van der Waals surface area contributed by atoms with Crippen LogP contribution in [0.25, 0.3) is 22.3 Å². The standard InChI is InChI=1S/C19H19N/c1-14-18(16-10-6-4-7-11-16)19(15(2)20(14)3)17-12-8-5-9-13-17/h4-13H,1-3H3. The summed E-state index contributed by atoms with van der Waals surface area (Å²) in [6.45, 7) is 4.39. The highest BCUT2D eigenvalue weighted by Gasteiger charge is 2.17. The maximum atomic E-state index is 2.28. The van der Waals surface area contributed by atoms with E-state index in [4.69, 9.17) is 0 Å². The number of hydrogen-bond acceptors (Lipinski definition) is 0. The molecule has 0 unspecified atom stereocenters. The molecule has 1 heteroatoms. The lowest BCUT2D eigenvalue weighted by atomic mass is 9.95. The van der Waals surface area contributed by atoms with Crippen molar-refractivity contribution in [1.82, 2.24) is 4.57 Å². The highest BCUT2D eigenvalue weighted by atomic mass is 15.0. The van der Waals surface area contributed by atoms with Crippen LogP contribution >= 0.6 is 0 Å². The third-order valence-electron chi connectivity index (χ3n) is 4.10. The zero-order chi connectivity index (χ0) is 14.1. The summed E-state index contributed by atoms with van der Waals surface area (Å²) in [6, 6.07) is 21.3. The van der Waals surface area contributed by atoms with E-state index in [1.807, 2.05) is 0 Å². The van der Waals surface area contributed by atoms with E-state index in [2.05, 4.69) is 86.1 Å². The lowest BCUT2D eigenvalue weighted by Crippen LogP contribution is -1.93. The van der Waals surface area contributed by atoms with Crippen molar-refractivity contribution in [1.29, 1.82) is 0 Å². The van der Waals surface area contributed by atoms with Gasteiger partial charge < -0.3 is 4.57 Å². The zero-order valence-corrected chi connectivity index (χ0v) is 12.2. The quantitative estimate of drug-likeness (QED) is 0.613. The van der Waals surface area contributed by atoms with E-state index in [1.54, 1.807) is 0 Å². The van der Waals surface area contributed by atoms with Crippen LogP contribution in [0.2, 0.25) is 0 Å². The van der Waals surface area contributed by atoms with Crippen LogP contribution in [0.5, 0.6) is 0 Å². The van der Waals surface area contributed by atoms with Crippen LogP contribution in [0.3, 0.4) is 0 Å². The predicted octanol–water partition coefficient (Wildman–Crippen LogP) is 4.98. The van der Waals surface area contributed by atoms with Crippen molar-refractivity contribution in [3.05, 3.63) is 72.1 Å². The number of hydrogen-bond donors (Lipinski definition) is 0. The highest BCUT2D eigenvalue weighted by molar-refractivity contribution is 5.87. The number of rotatable bonds is 2. The summed E-state index contributed by atoms with van der Waals surface area (Å²) in [7, 11) is 2.14. The molecule has 0 aliphatic carbocycles. The summed E-state index contributed by atoms with van der Waals surface area (Å²) in [6.07, 6.45) is 0. The molecule has 0 atom stereocenters. The van der Waals surface area contributed by atoms with Crippen molar-refractivity contribution in [2.24, 2.45) is 7.05 Å². The first-order valence-electron chi connectivity index (χ1n) is 6.97. The van der Waals surface area contributed by atoms with Gasteiger partial charge in [-0.15, -0.1) is 0 Å². The van der Waals surface area contributed by atoms with Crippen molar-refractivity contribution in [3.63, 3.8) is 0 Å². The van der Waals surface area contributed by atoms with Gasteiger partial charge in [0.1, 0.15) is 0 Å². The Bertz CT molecular complexity index is 658. The Morgan fingerprint density at radius 2 is 0.950 bits per heavy atom. The van der Waals surface area contributed by atoms with Gasteiger partial charge in [-0.05, 0) is 25.0 Å². The Labute approximate surface area is 120 Å². The van der Waals surface area contributed by atoms with Crippen LogP contribution in [0.1, 0.15) is 11.4 Å². The van der Waals surface area contributed by atoms with Crippen molar-refractivity contribution in [2.75, 3.05) is 0 Å². The van der Waals surface area contributed by atoms with E-state index in [9.17, 15) is 0 Å². The van der Waals surface area contributed by atoms with Crippen LogP contribution in [0, 0.1) is 13.8 Å². The minimum atomic E-state index is 1.28. The zero-order valence-electron chi connectivity index (χ0n) is 12.2. The van der Waals surface area contributed by atoms with Crippen LogP contribution in [-0.4, -0.2) is 4.57 Å². The van der Waals surface area contributed by atoms with E-state index in [1.165, 1.54) is 33.6 Å². The summed E-state index contributed by atoms with van der Waals surface area (Å²) in [5, 5.41) is 0. The maximum Gasteiger partial charge on any atom is 0.0228 e. The van der Waals surface area contributed by atoms with Gasteiger partial charge >= 0.3 is 0 Å². The summed E-state index contributed by atoms with van der Waals surface area (Å²) >= 11 is 0. The second-order valence-electron chi connectivity index (χ2n) is 5.21. The maximum absolute atomic E-state index is 2.28. The molecule has 0 aliphatic heterocycles. The summed E-state index contributed by atoms with van der Waals surface area (Å²) in [5.74, 6) is 0. The van der Waals surface area contributed by atoms with Gasteiger partial charge in [0.25, 0.3) is 0 Å². The van der Waals surface area contributed by atoms with Gasteiger partial charge in [-0.25, -0.2) is 0 Å². The van der Waals surface area contributed by atoms with Crippen LogP contribution in [-0.2, 0) is 7.05 Å². The average molecular weight is 261 g/mol. The number of aromatic nitrogens is 1. The molecule has 1 heterocycles. The Balaban J connectivity index is 2.32. The summed E-state index contributed by atoms with van der Waals surface area (Å²) in [5.41, 5.74) is 7.88. The molecular weight excluding hydrogens is 242 g/mol. The molecule has 1 nitrogen and oxygen atoms in total. The Morgan fingerprint density at radius 1 is 0.600 bits per heavy atom. The fourth-order valence-corrected chi connectivity index (χ4v) is 2.86. The molecule has 1 aromatic heterocycles. The van der Waals surface area contributed by atoms with Gasteiger partial charge in [-0.3, -0.25) is 0 Å². The fraction of sp³-hybridized carbons (Fsp3) is 0.158. The minimum Gasteiger partial charge on any atom is -0.351 e. The van der Waals surface area contributed by atoms with Crippen molar-refractivity contribution in [3.8, 4) is 22.3 Å². The molecule has 20 heavy (non-hydrogen) atoms. The second-order valence-corrected chi connectivity index (χ2v) is 5.21. The normalized spacial score (nSPS) is 10.8. The molecule has 0 amide bonds. The van der Waals surface area contributed by atoms with Gasteiger partial charge in [-0.1, -0.05) is 60.7 Å². The smallest absolute Gasteiger partial charge is 0.0228 e. The molecule has 3 rings (SSSR count). The molecule has 3 aromatic rings. The van der Waals surface area contributed by atoms with Gasteiger partial charge in [0, 0.05) is 29.6 Å². The SMILES string of the molecule is Cc1c(-c2ccccc2)c(-c2ccccc2)c(C)n1C. The second kappa shape index (κ2) is 5.01. The van der Waals surface area contributed by atoms with Crippen molar-refractivity contribution < 1.29 is 0 Å². The molecule has 0 saturated carbocycles. The lowest BCUT2D eigenvalue weighted by Gasteiger charge is -2.07. The molecule has 0 bridgehead atoms. The molecule has 0 spiro atoms. The average Bonchev–Trinajstić information content (AvgIpc) is 2.73. The molecule has 0 saturated heterocycles. The molecule has 2 aromatic carbocycles. The first-order valence-corrected chi connectivity index (χ1v) is 6.97. The molecular formula is C19H19N. The van der Waals surface area contributed by atoms with E-state index < -0.39 is 0 Å². The summed E-state index contributed by atoms with van der Waals surface area (Å²) < 4.78 is 2.28. The molecule has 0 radical (unpaired) electrons. The molecule has 0 aliphatic rings. The number of nitrogens with zero attached hydrogens (tertiary/aromatic N) is 1. The van der Waals surface area contributed by atoms with E-state index in [0.717, 1.165) is 0 Å². The first kappa shape index (κ1) is 12.7. The monoisotopic (exact) mass is 261 g/mol. The predicted molar refractivity (Wildman–Crippen MR) is 85.8 cm³/mol. The van der Waals surface area contributed by atoms with Gasteiger partial charge in [0.05, 0.1) is 0 Å². The Morgan fingerprint density at radius 3 is 1.30 bits per heavy atom. The topological polar surface area (TPSA) is 4.93 Å². The van der Waals surface area contributed by atoms with Gasteiger partial charge in [-0.2, -0.15) is 0 Å². The third-order valence-corrected chi connectivity index (χ3v) is 4.10. The van der Waals surface area contributed by atoms with Crippen LogP contribution in [0.15, 0.2) is 60.7 Å². The highest BCUT2D eigenvalue weighted by Crippen LogP contribution is 2.38. The van der Waals surface area contributed by atoms with E-state index in [-0.39, 0.29) is 0 Å². The van der Waals surface area contributed by atoms with Crippen molar-refractivity contribution in [2.45, 2.75) is 13.8 Å². The molecule has 100 valence electrons. The van der Waals surface area contributed by atoms with Crippen molar-refractivity contribution >= 4 is 0 Å². The van der Waals surface area contributed by atoms with E-state index >= 15 is 0 Å². The molecule has 0 N–H and O–H groups in total. The Hall–Kier alpha value is -2.28. The lowest BCUT2D eigenvalue weighted by molar-refractivity contribution is 0.846. The number of benzene rings is 2. The van der Waals surface area contributed by atoms with E-state index in [0.29, 0.717) is 0 Å². The summed E-state index contributed by atoms with van der Waals surface area (Å²) in [4.78, 5) is 0. The van der Waals surface area contributed by atoms with Gasteiger partial charge in [0.2, 0.25) is 0 Å². The largest absolute Gasteiger partial charge is 0.351 e.